The first-order chi connectivity index (χ1) is 17.2. The van der Waals surface area contributed by atoms with Gasteiger partial charge in [-0.15, -0.1) is 0 Å². The maximum absolute atomic E-state index is 11.2. The zero-order valence-corrected chi connectivity index (χ0v) is 21.3. The number of phenolic OH excluding ortho intramolecular Hbond substituents is 1. The predicted molar refractivity (Wildman–Crippen MR) is 150 cm³/mol. The molecule has 0 spiro atoms. The van der Waals surface area contributed by atoms with Crippen LogP contribution in [-0.2, 0) is 5.41 Å². The van der Waals surface area contributed by atoms with Gasteiger partial charge in [-0.2, -0.15) is 0 Å². The number of fused-ring (bicyclic) bond motifs is 4. The van der Waals surface area contributed by atoms with Gasteiger partial charge in [0, 0.05) is 16.4 Å². The molecule has 180 valence electrons. The number of hydrogen-bond donors (Lipinski definition) is 1. The molecule has 5 rings (SSSR count). The van der Waals surface area contributed by atoms with Crippen molar-refractivity contribution in [3.8, 4) is 28.0 Å². The van der Waals surface area contributed by atoms with E-state index in [2.05, 4.69) is 74.5 Å². The predicted octanol–water partition coefficient (Wildman–Crippen LogP) is 10.0. The summed E-state index contributed by atoms with van der Waals surface area (Å²) in [5.74, 6) is 0.387. The quantitative estimate of drug-likeness (QED) is 0.232. The SMILES string of the molecule is CCCCCCC1(CCCCC)c2ccccc2-c2ccc(-c3ccc4ccccc4c3O)cc21. The molecule has 1 heteroatoms. The summed E-state index contributed by atoms with van der Waals surface area (Å²) in [7, 11) is 0. The van der Waals surface area contributed by atoms with Gasteiger partial charge in [0.05, 0.1) is 0 Å². The molecule has 0 fully saturated rings. The van der Waals surface area contributed by atoms with Crippen molar-refractivity contribution in [1.82, 2.24) is 0 Å². The Morgan fingerprint density at radius 2 is 1.26 bits per heavy atom. The van der Waals surface area contributed by atoms with Crippen molar-refractivity contribution in [3.63, 3.8) is 0 Å². The van der Waals surface area contributed by atoms with E-state index in [9.17, 15) is 5.11 Å². The number of rotatable bonds is 10. The van der Waals surface area contributed by atoms with Crippen LogP contribution in [0.2, 0.25) is 0 Å². The minimum absolute atomic E-state index is 0.0668. The molecule has 0 heterocycles. The summed E-state index contributed by atoms with van der Waals surface area (Å²) < 4.78 is 0. The van der Waals surface area contributed by atoms with Gasteiger partial charge in [0.1, 0.15) is 5.75 Å². The van der Waals surface area contributed by atoms with Crippen LogP contribution < -0.4 is 0 Å². The average molecular weight is 463 g/mol. The van der Waals surface area contributed by atoms with E-state index < -0.39 is 0 Å². The minimum atomic E-state index is 0.0668. The lowest BCUT2D eigenvalue weighted by atomic mass is 9.70. The van der Waals surface area contributed by atoms with Crippen LogP contribution in [0.3, 0.4) is 0 Å². The van der Waals surface area contributed by atoms with E-state index in [0.717, 1.165) is 21.9 Å². The summed E-state index contributed by atoms with van der Waals surface area (Å²) in [6, 6.07) is 28.4. The van der Waals surface area contributed by atoms with E-state index in [4.69, 9.17) is 0 Å². The van der Waals surface area contributed by atoms with Gasteiger partial charge in [-0.1, -0.05) is 132 Å². The van der Waals surface area contributed by atoms with Crippen LogP contribution >= 0.6 is 0 Å². The van der Waals surface area contributed by atoms with Gasteiger partial charge in [0.15, 0.2) is 0 Å². The molecule has 0 aromatic heterocycles. The average Bonchev–Trinajstić information content (AvgIpc) is 3.17. The van der Waals surface area contributed by atoms with E-state index in [1.807, 2.05) is 18.2 Å². The summed E-state index contributed by atoms with van der Waals surface area (Å²) in [4.78, 5) is 0. The van der Waals surface area contributed by atoms with Gasteiger partial charge in [-0.3, -0.25) is 0 Å². The lowest BCUT2D eigenvalue weighted by molar-refractivity contribution is 0.403. The lowest BCUT2D eigenvalue weighted by Gasteiger charge is -2.33. The van der Waals surface area contributed by atoms with Crippen LogP contribution in [0, 0.1) is 0 Å². The Labute approximate surface area is 210 Å². The van der Waals surface area contributed by atoms with Gasteiger partial charge < -0.3 is 5.11 Å². The third-order valence-electron chi connectivity index (χ3n) is 8.14. The van der Waals surface area contributed by atoms with Crippen LogP contribution in [0.4, 0.5) is 0 Å². The monoisotopic (exact) mass is 462 g/mol. The molecule has 1 atom stereocenters. The van der Waals surface area contributed by atoms with E-state index in [1.165, 1.54) is 80.0 Å². The Bertz CT molecular complexity index is 1320. The summed E-state index contributed by atoms with van der Waals surface area (Å²) >= 11 is 0. The fourth-order valence-corrected chi connectivity index (χ4v) is 6.31. The first-order valence-corrected chi connectivity index (χ1v) is 13.6. The molecule has 1 aliphatic rings. The molecule has 0 radical (unpaired) electrons. The number of unbranched alkanes of at least 4 members (excludes halogenated alkanes) is 5. The van der Waals surface area contributed by atoms with Crippen molar-refractivity contribution < 1.29 is 5.11 Å². The van der Waals surface area contributed by atoms with Crippen molar-refractivity contribution in [2.45, 2.75) is 77.0 Å². The molecular formula is C34H38O. The number of hydrogen-bond acceptors (Lipinski definition) is 1. The minimum Gasteiger partial charge on any atom is -0.507 e. The van der Waals surface area contributed by atoms with Crippen molar-refractivity contribution in [1.29, 1.82) is 0 Å². The van der Waals surface area contributed by atoms with Crippen LogP contribution in [0.25, 0.3) is 33.0 Å². The largest absolute Gasteiger partial charge is 0.507 e. The smallest absolute Gasteiger partial charge is 0.131 e. The number of phenols is 1. The molecule has 35 heavy (non-hydrogen) atoms. The fraction of sp³-hybridized carbons (Fsp3) is 0.353. The first kappa shape index (κ1) is 23.7. The van der Waals surface area contributed by atoms with Crippen LogP contribution in [0.15, 0.2) is 78.9 Å². The highest BCUT2D eigenvalue weighted by atomic mass is 16.3. The molecule has 0 saturated heterocycles. The summed E-state index contributed by atoms with van der Waals surface area (Å²) in [6.07, 6.45) is 11.3. The first-order valence-electron chi connectivity index (χ1n) is 13.6. The van der Waals surface area contributed by atoms with Gasteiger partial charge in [-0.25, -0.2) is 0 Å². The highest BCUT2D eigenvalue weighted by Gasteiger charge is 2.42. The van der Waals surface area contributed by atoms with Crippen molar-refractivity contribution >= 4 is 10.8 Å². The zero-order chi connectivity index (χ0) is 24.3. The van der Waals surface area contributed by atoms with Gasteiger partial charge in [0.2, 0.25) is 0 Å². The molecule has 1 unspecified atom stereocenters. The van der Waals surface area contributed by atoms with E-state index in [1.54, 1.807) is 0 Å². The maximum Gasteiger partial charge on any atom is 0.131 e. The maximum atomic E-state index is 11.2. The summed E-state index contributed by atoms with van der Waals surface area (Å²) in [5, 5.41) is 13.2. The standard InChI is InChI=1S/C34H38O/c1-3-5-7-13-23-34(22-12-6-4-2)31-17-11-10-16-29(31)30-21-19-26(24-32(30)34)28-20-18-25-14-8-9-15-27(25)33(28)35/h8-11,14-21,24,35H,3-7,12-13,22-23H2,1-2H3. The Balaban J connectivity index is 1.64. The van der Waals surface area contributed by atoms with Gasteiger partial charge in [-0.05, 0) is 52.1 Å². The molecule has 0 bridgehead atoms. The second kappa shape index (κ2) is 10.3. The molecule has 0 aliphatic heterocycles. The summed E-state index contributed by atoms with van der Waals surface area (Å²) in [6.45, 7) is 4.59. The van der Waals surface area contributed by atoms with Crippen LogP contribution in [-0.4, -0.2) is 5.11 Å². The highest BCUT2D eigenvalue weighted by Crippen LogP contribution is 2.55. The van der Waals surface area contributed by atoms with Gasteiger partial charge in [0.25, 0.3) is 0 Å². The van der Waals surface area contributed by atoms with E-state index >= 15 is 0 Å². The third kappa shape index (κ3) is 4.27. The Morgan fingerprint density at radius 3 is 2.09 bits per heavy atom. The van der Waals surface area contributed by atoms with E-state index in [0.29, 0.717) is 5.75 Å². The molecule has 0 saturated carbocycles. The molecule has 1 N–H and O–H groups in total. The second-order valence-corrected chi connectivity index (χ2v) is 10.3. The zero-order valence-electron chi connectivity index (χ0n) is 21.3. The molecule has 1 aliphatic carbocycles. The number of aromatic hydroxyl groups is 1. The van der Waals surface area contributed by atoms with Gasteiger partial charge >= 0.3 is 0 Å². The molecule has 0 amide bonds. The third-order valence-corrected chi connectivity index (χ3v) is 8.14. The lowest BCUT2D eigenvalue weighted by Crippen LogP contribution is -2.25. The molecular weight excluding hydrogens is 424 g/mol. The summed E-state index contributed by atoms with van der Waals surface area (Å²) in [5.41, 5.74) is 7.89. The normalized spacial score (nSPS) is 16.4. The highest BCUT2D eigenvalue weighted by molar-refractivity contribution is 5.95. The second-order valence-electron chi connectivity index (χ2n) is 10.3. The Morgan fingerprint density at radius 1 is 0.600 bits per heavy atom. The van der Waals surface area contributed by atoms with Crippen molar-refractivity contribution in [2.24, 2.45) is 0 Å². The topological polar surface area (TPSA) is 20.2 Å². The van der Waals surface area contributed by atoms with Crippen LogP contribution in [0.1, 0.15) is 82.8 Å². The Kier molecular flexibility index (Phi) is 6.95. The molecule has 1 nitrogen and oxygen atoms in total. The van der Waals surface area contributed by atoms with E-state index in [-0.39, 0.29) is 5.41 Å². The Hall–Kier alpha value is -3.06. The van der Waals surface area contributed by atoms with Crippen molar-refractivity contribution in [2.75, 3.05) is 0 Å². The van der Waals surface area contributed by atoms with Crippen molar-refractivity contribution in [3.05, 3.63) is 90.0 Å². The molecule has 4 aromatic carbocycles. The fourth-order valence-electron chi connectivity index (χ4n) is 6.31. The van der Waals surface area contributed by atoms with Crippen LogP contribution in [0.5, 0.6) is 5.75 Å². The molecule has 4 aromatic rings. The number of benzene rings is 4.